The highest BCUT2D eigenvalue weighted by Gasteiger charge is 2.11. The third kappa shape index (κ3) is 2.67. The maximum Gasteiger partial charge on any atom is 0.164 e. The molecule has 0 aliphatic carbocycles. The van der Waals surface area contributed by atoms with Crippen LogP contribution in [0.3, 0.4) is 0 Å². The minimum absolute atomic E-state index is 0.0271. The molecule has 1 aromatic heterocycles. The molecule has 0 bridgehead atoms. The van der Waals surface area contributed by atoms with Gasteiger partial charge in [0, 0.05) is 27.7 Å². The molecule has 0 N–H and O–H groups in total. The summed E-state index contributed by atoms with van der Waals surface area (Å²) in [5.74, 6) is -1.29. The number of hydrogen-bond acceptors (Lipinski definition) is 4. The number of ketones is 1. The van der Waals surface area contributed by atoms with E-state index < -0.39 is 5.97 Å². The molecule has 0 fully saturated rings. The van der Waals surface area contributed by atoms with Crippen molar-refractivity contribution < 1.29 is 14.7 Å². The highest BCUT2D eigenvalue weighted by Crippen LogP contribution is 2.22. The number of rotatable bonds is 4. The van der Waals surface area contributed by atoms with E-state index in [2.05, 4.69) is 0 Å². The quantitative estimate of drug-likeness (QED) is 0.700. The van der Waals surface area contributed by atoms with Crippen molar-refractivity contribution >= 4 is 23.1 Å². The molecule has 0 aliphatic rings. The largest absolute Gasteiger partial charge is 0.550 e. The Morgan fingerprint density at radius 2 is 2.00 bits per heavy atom. The minimum atomic E-state index is -1.18. The fourth-order valence-electron chi connectivity index (χ4n) is 1.26. The Kier molecular flexibility index (Phi) is 3.41. The average molecular weight is 211 g/mol. The molecule has 0 radical (unpaired) electrons. The second-order valence-electron chi connectivity index (χ2n) is 3.12. The third-order valence-electron chi connectivity index (χ3n) is 1.90. The lowest BCUT2D eigenvalue weighted by atomic mass is 10.1. The summed E-state index contributed by atoms with van der Waals surface area (Å²) in [6.45, 7) is 3.79. The Labute approximate surface area is 86.4 Å². The van der Waals surface area contributed by atoms with Crippen molar-refractivity contribution in [3.05, 3.63) is 21.4 Å². The summed E-state index contributed by atoms with van der Waals surface area (Å²) in [6, 6.07) is 1.80. The van der Waals surface area contributed by atoms with Gasteiger partial charge in [-0.2, -0.15) is 0 Å². The SMILES string of the molecule is Cc1cc(C(=O)CCC(=O)[O-])c(C)s1. The van der Waals surface area contributed by atoms with E-state index in [1.165, 1.54) is 0 Å². The number of aliphatic carboxylic acids is 1. The van der Waals surface area contributed by atoms with E-state index in [-0.39, 0.29) is 18.6 Å². The van der Waals surface area contributed by atoms with E-state index >= 15 is 0 Å². The monoisotopic (exact) mass is 211 g/mol. The number of thiophene rings is 1. The molecule has 1 rings (SSSR count). The van der Waals surface area contributed by atoms with E-state index in [4.69, 9.17) is 0 Å². The predicted octanol–water partition coefficient (Wildman–Crippen LogP) is 1.08. The number of hydrogen-bond donors (Lipinski definition) is 0. The first-order valence-corrected chi connectivity index (χ1v) is 5.12. The lowest BCUT2D eigenvalue weighted by molar-refractivity contribution is -0.305. The summed E-state index contributed by atoms with van der Waals surface area (Å²) < 4.78 is 0. The van der Waals surface area contributed by atoms with E-state index in [1.807, 2.05) is 13.8 Å². The second kappa shape index (κ2) is 4.37. The Morgan fingerprint density at radius 3 is 2.43 bits per heavy atom. The van der Waals surface area contributed by atoms with Crippen molar-refractivity contribution in [2.24, 2.45) is 0 Å². The first kappa shape index (κ1) is 10.9. The molecular weight excluding hydrogens is 200 g/mol. The Bertz CT molecular complexity index is 365. The number of carbonyl (C=O) groups excluding carboxylic acids is 2. The van der Waals surface area contributed by atoms with Gasteiger partial charge in [-0.3, -0.25) is 4.79 Å². The number of Topliss-reactive ketones (excluding diaryl/α,β-unsaturated/α-hetero) is 1. The number of carbonyl (C=O) groups is 2. The standard InChI is InChI=1S/C10H12O3S/c1-6-5-8(7(2)14-6)9(11)3-4-10(12)13/h5H,3-4H2,1-2H3,(H,12,13)/p-1. The minimum Gasteiger partial charge on any atom is -0.550 e. The molecule has 0 saturated heterocycles. The van der Waals surface area contributed by atoms with Crippen LogP contribution in [0.2, 0.25) is 0 Å². The van der Waals surface area contributed by atoms with E-state index in [0.717, 1.165) is 9.75 Å². The van der Waals surface area contributed by atoms with Gasteiger partial charge >= 0.3 is 0 Å². The molecule has 0 amide bonds. The van der Waals surface area contributed by atoms with Crippen molar-refractivity contribution in [1.29, 1.82) is 0 Å². The summed E-state index contributed by atoms with van der Waals surface area (Å²) in [5, 5.41) is 10.2. The van der Waals surface area contributed by atoms with Crippen molar-refractivity contribution in [2.75, 3.05) is 0 Å². The zero-order valence-electron chi connectivity index (χ0n) is 8.12. The lowest BCUT2D eigenvalue weighted by Crippen LogP contribution is -2.22. The second-order valence-corrected chi connectivity index (χ2v) is 4.58. The van der Waals surface area contributed by atoms with Crippen LogP contribution in [0, 0.1) is 13.8 Å². The lowest BCUT2D eigenvalue weighted by Gasteiger charge is -2.00. The summed E-state index contributed by atoms with van der Waals surface area (Å²) in [4.78, 5) is 23.7. The average Bonchev–Trinajstić information content (AvgIpc) is 2.41. The van der Waals surface area contributed by atoms with E-state index in [1.54, 1.807) is 17.4 Å². The van der Waals surface area contributed by atoms with Crippen molar-refractivity contribution in [1.82, 2.24) is 0 Å². The van der Waals surface area contributed by atoms with Crippen LogP contribution >= 0.6 is 11.3 Å². The van der Waals surface area contributed by atoms with Crippen LogP contribution < -0.4 is 5.11 Å². The maximum atomic E-state index is 11.5. The van der Waals surface area contributed by atoms with Crippen molar-refractivity contribution in [3.63, 3.8) is 0 Å². The number of carboxylic acids is 1. The molecule has 3 nitrogen and oxygen atoms in total. The van der Waals surface area contributed by atoms with Crippen LogP contribution in [0.5, 0.6) is 0 Å². The van der Waals surface area contributed by atoms with Gasteiger partial charge in [-0.15, -0.1) is 11.3 Å². The van der Waals surface area contributed by atoms with Crippen LogP contribution in [0.25, 0.3) is 0 Å². The van der Waals surface area contributed by atoms with Crippen LogP contribution in [-0.4, -0.2) is 11.8 Å². The Balaban J connectivity index is 2.69. The molecule has 1 aromatic rings. The number of aryl methyl sites for hydroxylation is 2. The molecule has 0 saturated carbocycles. The zero-order chi connectivity index (χ0) is 10.7. The summed E-state index contributed by atoms with van der Waals surface area (Å²) in [5.41, 5.74) is 0.647. The van der Waals surface area contributed by atoms with Crippen molar-refractivity contribution in [3.8, 4) is 0 Å². The van der Waals surface area contributed by atoms with Crippen LogP contribution in [-0.2, 0) is 4.79 Å². The van der Waals surface area contributed by atoms with Gasteiger partial charge in [0.1, 0.15) is 0 Å². The van der Waals surface area contributed by atoms with Crippen LogP contribution in [0.4, 0.5) is 0 Å². The molecule has 76 valence electrons. The molecule has 0 aromatic carbocycles. The van der Waals surface area contributed by atoms with Gasteiger partial charge < -0.3 is 9.90 Å². The zero-order valence-corrected chi connectivity index (χ0v) is 8.94. The third-order valence-corrected chi connectivity index (χ3v) is 2.86. The normalized spacial score (nSPS) is 10.1. The fourth-order valence-corrected chi connectivity index (χ4v) is 2.20. The molecule has 0 unspecified atom stereocenters. The molecule has 14 heavy (non-hydrogen) atoms. The molecule has 0 spiro atoms. The highest BCUT2D eigenvalue weighted by atomic mass is 32.1. The highest BCUT2D eigenvalue weighted by molar-refractivity contribution is 7.12. The van der Waals surface area contributed by atoms with Gasteiger partial charge in [-0.05, 0) is 26.3 Å². The summed E-state index contributed by atoms with van der Waals surface area (Å²) in [7, 11) is 0. The maximum absolute atomic E-state index is 11.5. The smallest absolute Gasteiger partial charge is 0.164 e. The van der Waals surface area contributed by atoms with Gasteiger partial charge in [0.15, 0.2) is 5.78 Å². The van der Waals surface area contributed by atoms with Gasteiger partial charge in [-0.25, -0.2) is 0 Å². The summed E-state index contributed by atoms with van der Waals surface area (Å²) in [6.07, 6.45) is -0.174. The Morgan fingerprint density at radius 1 is 1.36 bits per heavy atom. The predicted molar refractivity (Wildman–Crippen MR) is 52.4 cm³/mol. The van der Waals surface area contributed by atoms with Gasteiger partial charge in [-0.1, -0.05) is 0 Å². The van der Waals surface area contributed by atoms with Gasteiger partial charge in [0.05, 0.1) is 0 Å². The number of carboxylic acid groups (broad SMARTS) is 1. The molecular formula is C10H11O3S-. The molecule has 4 heteroatoms. The topological polar surface area (TPSA) is 57.2 Å². The Hall–Kier alpha value is -1.16. The van der Waals surface area contributed by atoms with Gasteiger partial charge in [0.2, 0.25) is 0 Å². The van der Waals surface area contributed by atoms with Crippen LogP contribution in [0.1, 0.15) is 33.0 Å². The molecule has 1 heterocycles. The van der Waals surface area contributed by atoms with E-state index in [0.29, 0.717) is 5.56 Å². The summed E-state index contributed by atoms with van der Waals surface area (Å²) >= 11 is 1.55. The first-order valence-electron chi connectivity index (χ1n) is 4.31. The van der Waals surface area contributed by atoms with Crippen LogP contribution in [0.15, 0.2) is 6.07 Å². The van der Waals surface area contributed by atoms with Crippen molar-refractivity contribution in [2.45, 2.75) is 26.7 Å². The van der Waals surface area contributed by atoms with Gasteiger partial charge in [0.25, 0.3) is 0 Å². The first-order chi connectivity index (χ1) is 6.50. The molecule has 0 atom stereocenters. The molecule has 0 aliphatic heterocycles. The van der Waals surface area contributed by atoms with E-state index in [9.17, 15) is 14.7 Å². The fraction of sp³-hybridized carbons (Fsp3) is 0.400.